The van der Waals surface area contributed by atoms with Gasteiger partial charge in [-0.1, -0.05) is 6.92 Å². The molecule has 94 valence electrons. The van der Waals surface area contributed by atoms with Crippen LogP contribution in [0.3, 0.4) is 0 Å². The Labute approximate surface area is 97.0 Å². The molecular weight excluding hydrogens is 208 g/mol. The van der Waals surface area contributed by atoms with Crippen molar-refractivity contribution in [1.82, 2.24) is 5.32 Å². The first-order valence-corrected chi connectivity index (χ1v) is 5.54. The third-order valence-corrected chi connectivity index (χ3v) is 2.02. The number of quaternary nitrogens is 1. The molecule has 0 fully saturated rings. The smallest absolute Gasteiger partial charge is 0.220 e. The van der Waals surface area contributed by atoms with Gasteiger partial charge >= 0.3 is 0 Å². The molecule has 1 N–H and O–H groups in total. The molecule has 0 rings (SSSR count). The van der Waals surface area contributed by atoms with Crippen LogP contribution in [0.4, 0.5) is 0 Å². The molecule has 0 spiro atoms. The minimum absolute atomic E-state index is 0.0952. The third kappa shape index (κ3) is 8.23. The Balaban J connectivity index is 4.31. The van der Waals surface area contributed by atoms with Crippen molar-refractivity contribution in [2.75, 3.05) is 27.7 Å². The monoisotopic (exact) mass is 230 g/mol. The Hall–Kier alpha value is -1.10. The Morgan fingerprint density at radius 1 is 1.31 bits per heavy atom. The van der Waals surface area contributed by atoms with Crippen LogP contribution in [0.2, 0.25) is 0 Å². The maximum Gasteiger partial charge on any atom is 0.220 e. The van der Waals surface area contributed by atoms with E-state index >= 15 is 0 Å². The highest BCUT2D eigenvalue weighted by molar-refractivity contribution is 5.77. The van der Waals surface area contributed by atoms with Gasteiger partial charge in [0.1, 0.15) is 0 Å². The van der Waals surface area contributed by atoms with E-state index < -0.39 is 5.97 Å². The molecule has 0 saturated heterocycles. The van der Waals surface area contributed by atoms with Crippen LogP contribution in [0, 0.1) is 0 Å². The van der Waals surface area contributed by atoms with E-state index in [4.69, 9.17) is 0 Å². The topological polar surface area (TPSA) is 69.2 Å². The van der Waals surface area contributed by atoms with Crippen molar-refractivity contribution in [1.29, 1.82) is 0 Å². The second kappa shape index (κ2) is 6.48. The second-order valence-electron chi connectivity index (χ2n) is 5.06. The summed E-state index contributed by atoms with van der Waals surface area (Å²) < 4.78 is 0.602. The number of nitrogens with zero attached hydrogens (tertiary/aromatic N) is 1. The van der Waals surface area contributed by atoms with E-state index in [0.29, 0.717) is 17.4 Å². The molecule has 0 aromatic rings. The zero-order valence-corrected chi connectivity index (χ0v) is 10.6. The molecule has 0 aliphatic rings. The number of carbonyl (C=O) groups excluding carboxylic acids is 2. The van der Waals surface area contributed by atoms with E-state index in [0.717, 1.165) is 6.42 Å². The largest absolute Gasteiger partial charge is 0.550 e. The molecular formula is C11H22N2O3. The summed E-state index contributed by atoms with van der Waals surface area (Å²) in [6, 6.07) is -0.357. The number of carboxylic acid groups (broad SMARTS) is 1. The van der Waals surface area contributed by atoms with E-state index in [-0.39, 0.29) is 18.4 Å². The lowest BCUT2D eigenvalue weighted by molar-refractivity contribution is -0.871. The van der Waals surface area contributed by atoms with Gasteiger partial charge in [0, 0.05) is 18.8 Å². The minimum atomic E-state index is -1.13. The summed E-state index contributed by atoms with van der Waals surface area (Å²) in [5, 5.41) is 13.3. The highest BCUT2D eigenvalue weighted by Crippen LogP contribution is 2.00. The van der Waals surface area contributed by atoms with Crippen LogP contribution in [-0.4, -0.2) is 50.1 Å². The fourth-order valence-electron chi connectivity index (χ4n) is 1.55. The van der Waals surface area contributed by atoms with Gasteiger partial charge in [-0.2, -0.15) is 0 Å². The normalized spacial score (nSPS) is 13.2. The highest BCUT2D eigenvalue weighted by Gasteiger charge is 2.19. The van der Waals surface area contributed by atoms with Crippen molar-refractivity contribution in [3.8, 4) is 0 Å². The second-order valence-corrected chi connectivity index (χ2v) is 5.06. The maximum atomic E-state index is 11.4. The van der Waals surface area contributed by atoms with E-state index in [1.807, 2.05) is 28.1 Å². The summed E-state index contributed by atoms with van der Waals surface area (Å²) in [7, 11) is 5.86. The van der Waals surface area contributed by atoms with Gasteiger partial charge in [0.25, 0.3) is 0 Å². The van der Waals surface area contributed by atoms with Crippen molar-refractivity contribution >= 4 is 11.9 Å². The molecule has 5 heteroatoms. The van der Waals surface area contributed by atoms with E-state index in [2.05, 4.69) is 5.32 Å². The lowest BCUT2D eigenvalue weighted by Crippen LogP contribution is -2.50. The number of amides is 1. The summed E-state index contributed by atoms with van der Waals surface area (Å²) in [5.74, 6) is -1.22. The predicted octanol–water partition coefficient (Wildman–Crippen LogP) is -0.882. The van der Waals surface area contributed by atoms with Crippen LogP contribution in [0.15, 0.2) is 0 Å². The SMILES string of the molecule is CCCC(=O)N[C@H](CC(=O)[O-])C[N+](C)(C)C. The number of carbonyl (C=O) groups is 2. The molecule has 0 aliphatic carbocycles. The Kier molecular flexibility index (Phi) is 6.03. The van der Waals surface area contributed by atoms with Gasteiger partial charge in [0.05, 0.1) is 33.7 Å². The first kappa shape index (κ1) is 14.9. The van der Waals surface area contributed by atoms with Crippen LogP contribution in [0.5, 0.6) is 0 Å². The Morgan fingerprint density at radius 2 is 1.88 bits per heavy atom. The highest BCUT2D eigenvalue weighted by atomic mass is 16.4. The molecule has 0 bridgehead atoms. The standard InChI is InChI=1S/C11H22N2O3/c1-5-6-10(14)12-9(7-11(15)16)8-13(2,3)4/h9H,5-8H2,1-4H3,(H-,12,14,15,16)/t9-/m1/s1. The molecule has 0 saturated carbocycles. The summed E-state index contributed by atoms with van der Waals surface area (Å²) in [5.41, 5.74) is 0. The van der Waals surface area contributed by atoms with Gasteiger partial charge in [-0.05, 0) is 6.42 Å². The zero-order valence-electron chi connectivity index (χ0n) is 10.6. The Morgan fingerprint density at radius 3 is 2.25 bits per heavy atom. The third-order valence-electron chi connectivity index (χ3n) is 2.02. The molecule has 1 atom stereocenters. The van der Waals surface area contributed by atoms with Gasteiger partial charge in [-0.15, -0.1) is 0 Å². The number of hydrogen-bond donors (Lipinski definition) is 1. The van der Waals surface area contributed by atoms with E-state index in [9.17, 15) is 14.7 Å². The molecule has 0 aliphatic heterocycles. The molecule has 0 radical (unpaired) electrons. The van der Waals surface area contributed by atoms with E-state index in [1.165, 1.54) is 0 Å². The van der Waals surface area contributed by atoms with Crippen molar-refractivity contribution in [2.45, 2.75) is 32.2 Å². The molecule has 0 aromatic carbocycles. The molecule has 0 unspecified atom stereocenters. The number of carboxylic acids is 1. The van der Waals surface area contributed by atoms with Crippen molar-refractivity contribution < 1.29 is 19.2 Å². The number of likely N-dealkylation sites (N-methyl/N-ethyl adjacent to an activating group) is 1. The first-order valence-electron chi connectivity index (χ1n) is 5.54. The molecule has 0 heterocycles. The van der Waals surface area contributed by atoms with Gasteiger partial charge in [0.15, 0.2) is 0 Å². The number of rotatable bonds is 7. The van der Waals surface area contributed by atoms with Gasteiger partial charge < -0.3 is 19.7 Å². The summed E-state index contributed by atoms with van der Waals surface area (Å²) in [6.07, 6.45) is 1.06. The van der Waals surface area contributed by atoms with Crippen LogP contribution in [-0.2, 0) is 9.59 Å². The molecule has 16 heavy (non-hydrogen) atoms. The minimum Gasteiger partial charge on any atom is -0.550 e. The average molecular weight is 230 g/mol. The van der Waals surface area contributed by atoms with Gasteiger partial charge in [0.2, 0.25) is 5.91 Å². The number of aliphatic carboxylic acids is 1. The molecule has 0 aromatic heterocycles. The molecule has 1 amide bonds. The molecule has 5 nitrogen and oxygen atoms in total. The quantitative estimate of drug-likeness (QED) is 0.577. The summed E-state index contributed by atoms with van der Waals surface area (Å²) in [6.45, 7) is 2.48. The van der Waals surface area contributed by atoms with Crippen molar-refractivity contribution in [3.63, 3.8) is 0 Å². The lowest BCUT2D eigenvalue weighted by Gasteiger charge is -2.30. The summed E-state index contributed by atoms with van der Waals surface area (Å²) in [4.78, 5) is 22.0. The predicted molar refractivity (Wildman–Crippen MR) is 59.4 cm³/mol. The van der Waals surface area contributed by atoms with E-state index in [1.54, 1.807) is 0 Å². The maximum absolute atomic E-state index is 11.4. The summed E-state index contributed by atoms with van der Waals surface area (Å²) >= 11 is 0. The van der Waals surface area contributed by atoms with Crippen molar-refractivity contribution in [3.05, 3.63) is 0 Å². The Bertz CT molecular complexity index is 246. The van der Waals surface area contributed by atoms with Crippen molar-refractivity contribution in [2.24, 2.45) is 0 Å². The van der Waals surface area contributed by atoms with Crippen LogP contribution in [0.25, 0.3) is 0 Å². The number of nitrogens with one attached hydrogen (secondary N) is 1. The zero-order chi connectivity index (χ0) is 12.8. The van der Waals surface area contributed by atoms with Gasteiger partial charge in [-0.3, -0.25) is 4.79 Å². The fraction of sp³-hybridized carbons (Fsp3) is 0.818. The van der Waals surface area contributed by atoms with Crippen LogP contribution in [0.1, 0.15) is 26.2 Å². The van der Waals surface area contributed by atoms with Gasteiger partial charge in [-0.25, -0.2) is 0 Å². The fourth-order valence-corrected chi connectivity index (χ4v) is 1.55. The van der Waals surface area contributed by atoms with Crippen LogP contribution >= 0.6 is 0 Å². The lowest BCUT2D eigenvalue weighted by atomic mass is 10.1. The van der Waals surface area contributed by atoms with Crippen LogP contribution < -0.4 is 10.4 Å². The number of hydrogen-bond acceptors (Lipinski definition) is 3. The first-order chi connectivity index (χ1) is 7.24. The average Bonchev–Trinajstić information content (AvgIpc) is 1.98.